The zero-order valence-electron chi connectivity index (χ0n) is 11.8. The normalized spacial score (nSPS) is 13.4. The molecule has 0 spiro atoms. The molecule has 0 aliphatic carbocycles. The fraction of sp³-hybridized carbons (Fsp3) is 0.400. The van der Waals surface area contributed by atoms with E-state index in [0.717, 1.165) is 24.6 Å². The van der Waals surface area contributed by atoms with Gasteiger partial charge in [0.25, 0.3) is 0 Å². The summed E-state index contributed by atoms with van der Waals surface area (Å²) in [7, 11) is 0. The van der Waals surface area contributed by atoms with Gasteiger partial charge in [-0.2, -0.15) is 13.2 Å². The third-order valence-corrected chi connectivity index (χ3v) is 2.95. The molecular formula is C15H17F3O3. The standard InChI is InChI=1S/C15H17F3O3/c1-3-10(2)9-21-13-6-4-11(5-7-14(19)20)8-12(13)15(16,17)18/h4-8,10H,3,9H2,1-2H3,(H,19,20). The molecule has 0 fully saturated rings. The van der Waals surface area contributed by atoms with Gasteiger partial charge in [-0.25, -0.2) is 4.79 Å². The molecule has 1 rings (SSSR count). The first-order valence-corrected chi connectivity index (χ1v) is 6.49. The first-order valence-electron chi connectivity index (χ1n) is 6.49. The second kappa shape index (κ2) is 7.15. The van der Waals surface area contributed by atoms with Crippen molar-refractivity contribution in [1.29, 1.82) is 0 Å². The lowest BCUT2D eigenvalue weighted by atomic mass is 10.1. The summed E-state index contributed by atoms with van der Waals surface area (Å²) in [5, 5.41) is 8.50. The Balaban J connectivity index is 3.05. The highest BCUT2D eigenvalue weighted by Crippen LogP contribution is 2.37. The van der Waals surface area contributed by atoms with E-state index in [1.807, 2.05) is 13.8 Å². The molecule has 116 valence electrons. The van der Waals surface area contributed by atoms with Gasteiger partial charge in [0.05, 0.1) is 12.2 Å². The minimum absolute atomic E-state index is 0.151. The van der Waals surface area contributed by atoms with Crippen LogP contribution in [0.15, 0.2) is 24.3 Å². The number of carbonyl (C=O) groups is 1. The highest BCUT2D eigenvalue weighted by molar-refractivity contribution is 5.85. The third kappa shape index (κ3) is 5.49. The Morgan fingerprint density at radius 2 is 2.10 bits per heavy atom. The van der Waals surface area contributed by atoms with E-state index in [2.05, 4.69) is 0 Å². The fourth-order valence-corrected chi connectivity index (χ4v) is 1.52. The SMILES string of the molecule is CCC(C)COc1ccc(C=CC(=O)O)cc1C(F)(F)F. The third-order valence-electron chi connectivity index (χ3n) is 2.95. The van der Waals surface area contributed by atoms with Crippen molar-refractivity contribution in [1.82, 2.24) is 0 Å². The van der Waals surface area contributed by atoms with Gasteiger partial charge in [-0.15, -0.1) is 0 Å². The summed E-state index contributed by atoms with van der Waals surface area (Å²) in [4.78, 5) is 10.4. The monoisotopic (exact) mass is 302 g/mol. The number of hydrogen-bond donors (Lipinski definition) is 1. The van der Waals surface area contributed by atoms with Gasteiger partial charge in [0, 0.05) is 6.08 Å². The summed E-state index contributed by atoms with van der Waals surface area (Å²) in [6, 6.07) is 3.48. The van der Waals surface area contributed by atoms with Crippen molar-refractivity contribution in [3.05, 3.63) is 35.4 Å². The maximum absolute atomic E-state index is 13.0. The second-order valence-corrected chi connectivity index (χ2v) is 4.75. The summed E-state index contributed by atoms with van der Waals surface area (Å²) in [6.07, 6.45) is -1.86. The van der Waals surface area contributed by atoms with Gasteiger partial charge in [0.2, 0.25) is 0 Å². The van der Waals surface area contributed by atoms with Crippen LogP contribution < -0.4 is 4.74 Å². The first kappa shape index (κ1) is 17.1. The van der Waals surface area contributed by atoms with E-state index in [9.17, 15) is 18.0 Å². The van der Waals surface area contributed by atoms with Gasteiger partial charge in [0.15, 0.2) is 0 Å². The van der Waals surface area contributed by atoms with E-state index in [0.29, 0.717) is 0 Å². The molecule has 0 aliphatic rings. The number of carboxylic acid groups (broad SMARTS) is 1. The van der Waals surface area contributed by atoms with Crippen molar-refractivity contribution in [3.63, 3.8) is 0 Å². The first-order chi connectivity index (χ1) is 9.74. The molecule has 1 atom stereocenters. The molecule has 0 saturated heterocycles. The maximum Gasteiger partial charge on any atom is 0.419 e. The minimum Gasteiger partial charge on any atom is -0.493 e. The van der Waals surface area contributed by atoms with E-state index < -0.39 is 17.7 Å². The van der Waals surface area contributed by atoms with Gasteiger partial charge in [-0.05, 0) is 29.7 Å². The molecule has 1 aromatic rings. The van der Waals surface area contributed by atoms with E-state index in [-0.39, 0.29) is 23.8 Å². The van der Waals surface area contributed by atoms with Gasteiger partial charge in [0.1, 0.15) is 5.75 Å². The van der Waals surface area contributed by atoms with Crippen molar-refractivity contribution < 1.29 is 27.8 Å². The van der Waals surface area contributed by atoms with Crippen LogP contribution >= 0.6 is 0 Å². The summed E-state index contributed by atoms with van der Waals surface area (Å²) >= 11 is 0. The average Bonchev–Trinajstić information content (AvgIpc) is 2.41. The predicted molar refractivity (Wildman–Crippen MR) is 73.1 cm³/mol. The van der Waals surface area contributed by atoms with Crippen molar-refractivity contribution in [2.45, 2.75) is 26.4 Å². The van der Waals surface area contributed by atoms with Gasteiger partial charge in [-0.3, -0.25) is 0 Å². The number of hydrogen-bond acceptors (Lipinski definition) is 2. The minimum atomic E-state index is -4.56. The van der Waals surface area contributed by atoms with Crippen LogP contribution in [-0.4, -0.2) is 17.7 Å². The van der Waals surface area contributed by atoms with Crippen LogP contribution in [0.4, 0.5) is 13.2 Å². The Kier molecular flexibility index (Phi) is 5.81. The van der Waals surface area contributed by atoms with Crippen molar-refractivity contribution in [2.24, 2.45) is 5.92 Å². The largest absolute Gasteiger partial charge is 0.493 e. The fourth-order valence-electron chi connectivity index (χ4n) is 1.52. The molecule has 0 heterocycles. The Morgan fingerprint density at radius 1 is 1.43 bits per heavy atom. The van der Waals surface area contributed by atoms with Crippen LogP contribution in [0.1, 0.15) is 31.4 Å². The molecular weight excluding hydrogens is 285 g/mol. The van der Waals surface area contributed by atoms with Crippen LogP contribution in [0.3, 0.4) is 0 Å². The quantitative estimate of drug-likeness (QED) is 0.800. The summed E-state index contributed by atoms with van der Waals surface area (Å²) in [6.45, 7) is 4.01. The molecule has 1 N–H and O–H groups in total. The smallest absolute Gasteiger partial charge is 0.419 e. The number of rotatable bonds is 6. The molecule has 0 aliphatic heterocycles. The summed E-state index contributed by atoms with van der Waals surface area (Å²) < 4.78 is 44.3. The van der Waals surface area contributed by atoms with E-state index in [4.69, 9.17) is 9.84 Å². The molecule has 0 aromatic heterocycles. The zero-order chi connectivity index (χ0) is 16.0. The van der Waals surface area contributed by atoms with Crippen molar-refractivity contribution >= 4 is 12.0 Å². The van der Waals surface area contributed by atoms with Crippen molar-refractivity contribution in [3.8, 4) is 5.75 Å². The number of aliphatic carboxylic acids is 1. The number of carboxylic acids is 1. The van der Waals surface area contributed by atoms with Crippen LogP contribution in [0.5, 0.6) is 5.75 Å². The molecule has 1 aromatic carbocycles. The maximum atomic E-state index is 13.0. The van der Waals surface area contributed by atoms with Crippen molar-refractivity contribution in [2.75, 3.05) is 6.61 Å². The average molecular weight is 302 g/mol. The van der Waals surface area contributed by atoms with E-state index >= 15 is 0 Å². The Hall–Kier alpha value is -1.98. The molecule has 21 heavy (non-hydrogen) atoms. The Bertz CT molecular complexity index is 521. The number of alkyl halides is 3. The Morgan fingerprint density at radius 3 is 2.62 bits per heavy atom. The number of benzene rings is 1. The van der Waals surface area contributed by atoms with Gasteiger partial charge in [-0.1, -0.05) is 26.3 Å². The predicted octanol–water partition coefficient (Wildman–Crippen LogP) is 4.23. The molecule has 0 radical (unpaired) electrons. The van der Waals surface area contributed by atoms with Crippen LogP contribution in [-0.2, 0) is 11.0 Å². The highest BCUT2D eigenvalue weighted by Gasteiger charge is 2.34. The lowest BCUT2D eigenvalue weighted by molar-refractivity contribution is -0.139. The molecule has 3 nitrogen and oxygen atoms in total. The van der Waals surface area contributed by atoms with E-state index in [1.165, 1.54) is 12.1 Å². The van der Waals surface area contributed by atoms with Crippen LogP contribution in [0.25, 0.3) is 6.08 Å². The van der Waals surface area contributed by atoms with Gasteiger partial charge >= 0.3 is 12.1 Å². The second-order valence-electron chi connectivity index (χ2n) is 4.75. The molecule has 0 saturated carbocycles. The molecule has 0 bridgehead atoms. The number of ether oxygens (including phenoxy) is 1. The summed E-state index contributed by atoms with van der Waals surface area (Å²) in [5.74, 6) is -1.31. The lowest BCUT2D eigenvalue weighted by Crippen LogP contribution is -2.13. The van der Waals surface area contributed by atoms with E-state index in [1.54, 1.807) is 0 Å². The zero-order valence-corrected chi connectivity index (χ0v) is 11.8. The molecule has 0 amide bonds. The topological polar surface area (TPSA) is 46.5 Å². The summed E-state index contributed by atoms with van der Waals surface area (Å²) in [5.41, 5.74) is -0.751. The van der Waals surface area contributed by atoms with Crippen LogP contribution in [0.2, 0.25) is 0 Å². The van der Waals surface area contributed by atoms with Crippen LogP contribution in [0, 0.1) is 5.92 Å². The highest BCUT2D eigenvalue weighted by atomic mass is 19.4. The number of halogens is 3. The van der Waals surface area contributed by atoms with Gasteiger partial charge < -0.3 is 9.84 Å². The lowest BCUT2D eigenvalue weighted by Gasteiger charge is -2.16. The molecule has 1 unspecified atom stereocenters. The Labute approximate surface area is 121 Å². The molecule has 6 heteroatoms.